The minimum absolute atomic E-state index is 0.596. The summed E-state index contributed by atoms with van der Waals surface area (Å²) in [5, 5.41) is 2.29. The third-order valence-corrected chi connectivity index (χ3v) is 1.88. The molecule has 0 saturated heterocycles. The molecule has 1 N–H and O–H groups in total. The zero-order chi connectivity index (χ0) is 11.4. The van der Waals surface area contributed by atoms with E-state index in [1.807, 2.05) is 0 Å². The van der Waals surface area contributed by atoms with E-state index in [0.29, 0.717) is 0 Å². The van der Waals surface area contributed by atoms with E-state index >= 15 is 0 Å². The van der Waals surface area contributed by atoms with Crippen molar-refractivity contribution in [2.75, 3.05) is 7.11 Å². The van der Waals surface area contributed by atoms with Gasteiger partial charge in [0.05, 0.1) is 0 Å². The normalized spacial score (nSPS) is 12.3. The van der Waals surface area contributed by atoms with Crippen molar-refractivity contribution in [1.29, 1.82) is 0 Å². The molecule has 15 heavy (non-hydrogen) atoms. The van der Waals surface area contributed by atoms with E-state index in [4.69, 9.17) is 4.74 Å². The molecule has 0 spiro atoms. The standard InChI is InChI=1S/C10H11F2NO2/c1-6(15-2)13-10(14)9-7(11)4-3-5-8(9)12/h3-6H,1-2H3,(H,13,14). The molecule has 0 fully saturated rings. The number of hydrogen-bond donors (Lipinski definition) is 1. The van der Waals surface area contributed by atoms with Crippen LogP contribution in [0, 0.1) is 11.6 Å². The summed E-state index contributed by atoms with van der Waals surface area (Å²) in [7, 11) is 1.38. The molecule has 1 aromatic rings. The van der Waals surface area contributed by atoms with E-state index in [2.05, 4.69) is 5.32 Å². The van der Waals surface area contributed by atoms with Crippen LogP contribution in [0.1, 0.15) is 17.3 Å². The monoisotopic (exact) mass is 215 g/mol. The van der Waals surface area contributed by atoms with Crippen LogP contribution in [0.15, 0.2) is 18.2 Å². The van der Waals surface area contributed by atoms with Gasteiger partial charge in [-0.15, -0.1) is 0 Å². The smallest absolute Gasteiger partial charge is 0.259 e. The third-order valence-electron chi connectivity index (χ3n) is 1.88. The van der Waals surface area contributed by atoms with Crippen LogP contribution in [0.5, 0.6) is 0 Å². The minimum Gasteiger partial charge on any atom is -0.362 e. The van der Waals surface area contributed by atoms with Crippen molar-refractivity contribution in [2.24, 2.45) is 0 Å². The first-order chi connectivity index (χ1) is 7.06. The number of carbonyl (C=O) groups excluding carboxylic acids is 1. The second-order valence-electron chi connectivity index (χ2n) is 2.95. The number of nitrogens with one attached hydrogen (secondary N) is 1. The Kier molecular flexibility index (Phi) is 3.74. The second kappa shape index (κ2) is 4.84. The first-order valence-electron chi connectivity index (χ1n) is 4.34. The molecule has 5 heteroatoms. The summed E-state index contributed by atoms with van der Waals surface area (Å²) in [6.45, 7) is 1.55. The number of hydrogen-bond acceptors (Lipinski definition) is 2. The first kappa shape index (κ1) is 11.6. The van der Waals surface area contributed by atoms with Crippen LogP contribution < -0.4 is 5.32 Å². The van der Waals surface area contributed by atoms with Gasteiger partial charge in [0.25, 0.3) is 5.91 Å². The lowest BCUT2D eigenvalue weighted by Gasteiger charge is -2.12. The van der Waals surface area contributed by atoms with E-state index in [9.17, 15) is 13.6 Å². The number of carbonyl (C=O) groups is 1. The zero-order valence-electron chi connectivity index (χ0n) is 8.38. The van der Waals surface area contributed by atoms with Gasteiger partial charge in [0, 0.05) is 7.11 Å². The van der Waals surface area contributed by atoms with E-state index in [1.54, 1.807) is 6.92 Å². The zero-order valence-corrected chi connectivity index (χ0v) is 8.38. The summed E-state index contributed by atoms with van der Waals surface area (Å²) < 4.78 is 31.0. The van der Waals surface area contributed by atoms with Gasteiger partial charge in [0.15, 0.2) is 0 Å². The van der Waals surface area contributed by atoms with Crippen LogP contribution >= 0.6 is 0 Å². The predicted octanol–water partition coefficient (Wildman–Crippen LogP) is 1.69. The van der Waals surface area contributed by atoms with Gasteiger partial charge in [0.1, 0.15) is 23.4 Å². The minimum atomic E-state index is -0.893. The Bertz CT molecular complexity index is 348. The molecular weight excluding hydrogens is 204 g/mol. The van der Waals surface area contributed by atoms with Gasteiger partial charge < -0.3 is 10.1 Å². The van der Waals surface area contributed by atoms with Crippen molar-refractivity contribution in [2.45, 2.75) is 13.2 Å². The van der Waals surface area contributed by atoms with Crippen LogP contribution in [-0.2, 0) is 4.74 Å². The van der Waals surface area contributed by atoms with E-state index in [-0.39, 0.29) is 0 Å². The summed E-state index contributed by atoms with van der Waals surface area (Å²) in [5.41, 5.74) is -0.596. The maximum absolute atomic E-state index is 13.1. The molecule has 0 saturated carbocycles. The molecule has 0 aliphatic heterocycles. The van der Waals surface area contributed by atoms with E-state index in [1.165, 1.54) is 13.2 Å². The fourth-order valence-electron chi connectivity index (χ4n) is 1.03. The summed E-state index contributed by atoms with van der Waals surface area (Å²) in [6.07, 6.45) is -0.600. The van der Waals surface area contributed by atoms with Crippen molar-refractivity contribution in [3.8, 4) is 0 Å². The Morgan fingerprint density at radius 1 is 1.40 bits per heavy atom. The average Bonchev–Trinajstić information content (AvgIpc) is 2.17. The van der Waals surface area contributed by atoms with Crippen molar-refractivity contribution in [1.82, 2.24) is 5.32 Å². The number of ether oxygens (including phenoxy) is 1. The predicted molar refractivity (Wildman–Crippen MR) is 50.3 cm³/mol. The number of amides is 1. The molecule has 0 heterocycles. The van der Waals surface area contributed by atoms with Crippen molar-refractivity contribution >= 4 is 5.91 Å². The third kappa shape index (κ3) is 2.73. The molecule has 1 amide bonds. The molecule has 0 aliphatic rings. The Morgan fingerprint density at radius 3 is 2.40 bits per heavy atom. The van der Waals surface area contributed by atoms with E-state index < -0.39 is 29.3 Å². The van der Waals surface area contributed by atoms with Crippen molar-refractivity contribution in [3.05, 3.63) is 35.4 Å². The SMILES string of the molecule is COC(C)NC(=O)c1c(F)cccc1F. The van der Waals surface area contributed by atoms with Gasteiger partial charge in [-0.1, -0.05) is 6.07 Å². The number of rotatable bonds is 3. The summed E-state index contributed by atoms with van der Waals surface area (Å²) in [6, 6.07) is 3.24. The molecule has 1 atom stereocenters. The van der Waals surface area contributed by atoms with Crippen LogP contribution in [0.25, 0.3) is 0 Å². The van der Waals surface area contributed by atoms with Gasteiger partial charge in [-0.05, 0) is 19.1 Å². The van der Waals surface area contributed by atoms with Crippen molar-refractivity contribution < 1.29 is 18.3 Å². The molecular formula is C10H11F2NO2. The molecule has 3 nitrogen and oxygen atoms in total. The molecule has 82 valence electrons. The highest BCUT2D eigenvalue weighted by Crippen LogP contribution is 2.11. The highest BCUT2D eigenvalue weighted by Gasteiger charge is 2.17. The lowest BCUT2D eigenvalue weighted by Crippen LogP contribution is -2.34. The highest BCUT2D eigenvalue weighted by molar-refractivity contribution is 5.94. The number of methoxy groups -OCH3 is 1. The Hall–Kier alpha value is -1.49. The summed E-state index contributed by atoms with van der Waals surface area (Å²) >= 11 is 0. The topological polar surface area (TPSA) is 38.3 Å². The van der Waals surface area contributed by atoms with Crippen LogP contribution in [0.2, 0.25) is 0 Å². The Morgan fingerprint density at radius 2 is 1.93 bits per heavy atom. The maximum atomic E-state index is 13.1. The molecule has 1 unspecified atom stereocenters. The van der Waals surface area contributed by atoms with Gasteiger partial charge in [-0.3, -0.25) is 4.79 Å². The van der Waals surface area contributed by atoms with Gasteiger partial charge >= 0.3 is 0 Å². The second-order valence-corrected chi connectivity index (χ2v) is 2.95. The van der Waals surface area contributed by atoms with Crippen LogP contribution in [0.3, 0.4) is 0 Å². The number of halogens is 2. The molecule has 0 bridgehead atoms. The highest BCUT2D eigenvalue weighted by atomic mass is 19.1. The van der Waals surface area contributed by atoms with E-state index in [0.717, 1.165) is 12.1 Å². The first-order valence-corrected chi connectivity index (χ1v) is 4.34. The largest absolute Gasteiger partial charge is 0.362 e. The Balaban J connectivity index is 2.91. The molecule has 0 aliphatic carbocycles. The molecule has 0 radical (unpaired) electrons. The van der Waals surface area contributed by atoms with Crippen LogP contribution in [0.4, 0.5) is 8.78 Å². The lowest BCUT2D eigenvalue weighted by atomic mass is 10.2. The average molecular weight is 215 g/mol. The van der Waals surface area contributed by atoms with Gasteiger partial charge in [0.2, 0.25) is 0 Å². The van der Waals surface area contributed by atoms with Gasteiger partial charge in [-0.25, -0.2) is 8.78 Å². The fourth-order valence-corrected chi connectivity index (χ4v) is 1.03. The maximum Gasteiger partial charge on any atom is 0.259 e. The lowest BCUT2D eigenvalue weighted by molar-refractivity contribution is 0.0652. The van der Waals surface area contributed by atoms with Crippen molar-refractivity contribution in [3.63, 3.8) is 0 Å². The summed E-state index contributed by atoms with van der Waals surface area (Å²) in [5.74, 6) is -2.62. The van der Waals surface area contributed by atoms with Gasteiger partial charge in [-0.2, -0.15) is 0 Å². The quantitative estimate of drug-likeness (QED) is 0.779. The molecule has 1 aromatic carbocycles. The summed E-state index contributed by atoms with van der Waals surface area (Å²) in [4.78, 5) is 11.4. The Labute approximate surface area is 86.0 Å². The fraction of sp³-hybridized carbons (Fsp3) is 0.300. The number of benzene rings is 1. The molecule has 0 aromatic heterocycles. The van der Waals surface area contributed by atoms with Crippen LogP contribution in [-0.4, -0.2) is 19.2 Å². The molecule has 1 rings (SSSR count).